The van der Waals surface area contributed by atoms with Gasteiger partial charge in [-0.1, -0.05) is 18.2 Å². The van der Waals surface area contributed by atoms with Crippen molar-refractivity contribution in [1.82, 2.24) is 4.90 Å². The Morgan fingerprint density at radius 1 is 1.09 bits per heavy atom. The Bertz CT molecular complexity index is 545. The number of piperidine rings is 1. The van der Waals surface area contributed by atoms with Crippen LogP contribution in [0.5, 0.6) is 0 Å². The van der Waals surface area contributed by atoms with Crippen molar-refractivity contribution in [3.8, 4) is 0 Å². The van der Waals surface area contributed by atoms with Crippen LogP contribution >= 0.6 is 0 Å². The molecule has 2 aliphatic rings. The Hall–Kier alpha value is -1.84. The minimum atomic E-state index is -0.775. The zero-order valence-corrected chi connectivity index (χ0v) is 13.3. The van der Waals surface area contributed by atoms with Crippen LogP contribution in [0.4, 0.5) is 5.69 Å². The number of amides is 2. The van der Waals surface area contributed by atoms with E-state index < -0.39 is 5.41 Å². The highest BCUT2D eigenvalue weighted by atomic mass is 16.2. The van der Waals surface area contributed by atoms with Crippen molar-refractivity contribution in [2.75, 3.05) is 24.5 Å². The molecule has 0 unspecified atom stereocenters. The van der Waals surface area contributed by atoms with Gasteiger partial charge in [0.15, 0.2) is 0 Å². The lowest BCUT2D eigenvalue weighted by atomic mass is 10.0. The fourth-order valence-corrected chi connectivity index (χ4v) is 3.35. The molecule has 0 spiro atoms. The molecule has 0 bridgehead atoms. The van der Waals surface area contributed by atoms with Crippen molar-refractivity contribution in [2.24, 2.45) is 5.41 Å². The summed E-state index contributed by atoms with van der Waals surface area (Å²) in [6, 6.07) is 9.66. The van der Waals surface area contributed by atoms with E-state index in [2.05, 4.69) is 0 Å². The smallest absolute Gasteiger partial charge is 0.242 e. The lowest BCUT2D eigenvalue weighted by Crippen LogP contribution is -2.48. The predicted molar refractivity (Wildman–Crippen MR) is 86.6 cm³/mol. The summed E-state index contributed by atoms with van der Waals surface area (Å²) in [7, 11) is 0. The van der Waals surface area contributed by atoms with Crippen molar-refractivity contribution in [2.45, 2.75) is 39.0 Å². The SMILES string of the molecule is CCN(C(=O)C1(C(=O)N2CCCCC2)CC1)c1ccccc1. The molecule has 0 N–H and O–H groups in total. The molecule has 1 heterocycles. The van der Waals surface area contributed by atoms with Gasteiger partial charge in [0.2, 0.25) is 11.8 Å². The minimum absolute atomic E-state index is 0.0169. The maximum Gasteiger partial charge on any atom is 0.242 e. The van der Waals surface area contributed by atoms with Crippen LogP contribution in [0.15, 0.2) is 30.3 Å². The molecule has 1 aromatic rings. The Kier molecular flexibility index (Phi) is 4.19. The number of rotatable bonds is 4. The third kappa shape index (κ3) is 2.62. The molecule has 2 amide bonds. The molecule has 1 aliphatic heterocycles. The second-order valence-electron chi connectivity index (χ2n) is 6.32. The van der Waals surface area contributed by atoms with Crippen LogP contribution < -0.4 is 4.90 Å². The average molecular weight is 300 g/mol. The largest absolute Gasteiger partial charge is 0.342 e. The summed E-state index contributed by atoms with van der Waals surface area (Å²) >= 11 is 0. The van der Waals surface area contributed by atoms with Gasteiger partial charge in [-0.2, -0.15) is 0 Å². The predicted octanol–water partition coefficient (Wildman–Crippen LogP) is 2.83. The summed E-state index contributed by atoms with van der Waals surface area (Å²) in [4.78, 5) is 29.5. The first-order chi connectivity index (χ1) is 10.7. The first-order valence-electron chi connectivity index (χ1n) is 8.35. The molecule has 1 saturated heterocycles. The summed E-state index contributed by atoms with van der Waals surface area (Å²) in [5.41, 5.74) is 0.108. The topological polar surface area (TPSA) is 40.6 Å². The molecular formula is C18H24N2O2. The Morgan fingerprint density at radius 2 is 1.73 bits per heavy atom. The van der Waals surface area contributed by atoms with Gasteiger partial charge < -0.3 is 9.80 Å². The first-order valence-corrected chi connectivity index (χ1v) is 8.35. The number of carbonyl (C=O) groups excluding carboxylic acids is 2. The van der Waals surface area contributed by atoms with Crippen LogP contribution in [-0.4, -0.2) is 36.3 Å². The molecule has 22 heavy (non-hydrogen) atoms. The fourth-order valence-electron chi connectivity index (χ4n) is 3.35. The number of carbonyl (C=O) groups is 2. The van der Waals surface area contributed by atoms with E-state index >= 15 is 0 Å². The van der Waals surface area contributed by atoms with E-state index in [1.165, 1.54) is 6.42 Å². The van der Waals surface area contributed by atoms with Crippen LogP contribution in [0.2, 0.25) is 0 Å². The highest BCUT2D eigenvalue weighted by Gasteiger charge is 2.59. The van der Waals surface area contributed by atoms with E-state index in [1.54, 1.807) is 4.90 Å². The number of nitrogens with zero attached hydrogens (tertiary/aromatic N) is 2. The van der Waals surface area contributed by atoms with E-state index in [-0.39, 0.29) is 11.8 Å². The van der Waals surface area contributed by atoms with E-state index in [1.807, 2.05) is 42.2 Å². The third-order valence-corrected chi connectivity index (χ3v) is 4.84. The van der Waals surface area contributed by atoms with Crippen molar-refractivity contribution >= 4 is 17.5 Å². The molecule has 1 aromatic carbocycles. The Labute approximate surface area is 132 Å². The van der Waals surface area contributed by atoms with Crippen LogP contribution in [0.1, 0.15) is 39.0 Å². The van der Waals surface area contributed by atoms with Gasteiger partial charge >= 0.3 is 0 Å². The monoisotopic (exact) mass is 300 g/mol. The van der Waals surface area contributed by atoms with Crippen LogP contribution in [0, 0.1) is 5.41 Å². The highest BCUT2D eigenvalue weighted by molar-refractivity contribution is 6.14. The number of para-hydroxylation sites is 1. The van der Waals surface area contributed by atoms with Gasteiger partial charge in [0.25, 0.3) is 0 Å². The number of anilines is 1. The second kappa shape index (κ2) is 6.11. The van der Waals surface area contributed by atoms with Crippen LogP contribution in [0.25, 0.3) is 0 Å². The number of benzene rings is 1. The minimum Gasteiger partial charge on any atom is -0.342 e. The van der Waals surface area contributed by atoms with Crippen LogP contribution in [-0.2, 0) is 9.59 Å². The molecular weight excluding hydrogens is 276 g/mol. The zero-order chi connectivity index (χ0) is 15.6. The summed E-state index contributed by atoms with van der Waals surface area (Å²) in [5, 5.41) is 0. The number of hydrogen-bond donors (Lipinski definition) is 0. The molecule has 2 fully saturated rings. The molecule has 4 heteroatoms. The molecule has 0 radical (unpaired) electrons. The fraction of sp³-hybridized carbons (Fsp3) is 0.556. The van der Waals surface area contributed by atoms with Crippen LogP contribution in [0.3, 0.4) is 0 Å². The van der Waals surface area contributed by atoms with Gasteiger partial charge in [0, 0.05) is 25.3 Å². The van der Waals surface area contributed by atoms with Gasteiger partial charge in [0.05, 0.1) is 0 Å². The van der Waals surface area contributed by atoms with Gasteiger partial charge in [-0.05, 0) is 51.2 Å². The van der Waals surface area contributed by atoms with Crippen molar-refractivity contribution < 1.29 is 9.59 Å². The molecule has 3 rings (SSSR count). The lowest BCUT2D eigenvalue weighted by Gasteiger charge is -2.32. The highest BCUT2D eigenvalue weighted by Crippen LogP contribution is 2.49. The van der Waals surface area contributed by atoms with Gasteiger partial charge in [-0.25, -0.2) is 0 Å². The van der Waals surface area contributed by atoms with E-state index in [9.17, 15) is 9.59 Å². The van der Waals surface area contributed by atoms with E-state index in [4.69, 9.17) is 0 Å². The second-order valence-corrected chi connectivity index (χ2v) is 6.32. The average Bonchev–Trinajstić information content (AvgIpc) is 3.38. The van der Waals surface area contributed by atoms with Crippen molar-refractivity contribution in [1.29, 1.82) is 0 Å². The summed E-state index contributed by atoms with van der Waals surface area (Å²) < 4.78 is 0. The maximum atomic E-state index is 13.0. The molecule has 4 nitrogen and oxygen atoms in total. The van der Waals surface area contributed by atoms with Crippen molar-refractivity contribution in [3.05, 3.63) is 30.3 Å². The van der Waals surface area contributed by atoms with E-state index in [0.717, 1.165) is 31.6 Å². The Balaban J connectivity index is 1.79. The summed E-state index contributed by atoms with van der Waals surface area (Å²) in [6.45, 7) is 4.18. The molecule has 0 aromatic heterocycles. The first kappa shape index (κ1) is 15.1. The molecule has 0 atom stereocenters. The molecule has 118 valence electrons. The summed E-state index contributed by atoms with van der Waals surface area (Å²) in [6.07, 6.45) is 4.71. The van der Waals surface area contributed by atoms with Gasteiger partial charge in [-0.3, -0.25) is 9.59 Å². The maximum absolute atomic E-state index is 13.0. The zero-order valence-electron chi connectivity index (χ0n) is 13.3. The van der Waals surface area contributed by atoms with E-state index in [0.29, 0.717) is 19.4 Å². The van der Waals surface area contributed by atoms with Crippen molar-refractivity contribution in [3.63, 3.8) is 0 Å². The molecule has 1 aliphatic carbocycles. The normalized spacial score (nSPS) is 19.6. The number of hydrogen-bond acceptors (Lipinski definition) is 2. The lowest BCUT2D eigenvalue weighted by molar-refractivity contribution is -0.143. The molecule has 1 saturated carbocycles. The number of likely N-dealkylation sites (tertiary alicyclic amines) is 1. The van der Waals surface area contributed by atoms with Gasteiger partial charge in [0.1, 0.15) is 5.41 Å². The quantitative estimate of drug-likeness (QED) is 0.802. The third-order valence-electron chi connectivity index (χ3n) is 4.84. The van der Waals surface area contributed by atoms with Gasteiger partial charge in [-0.15, -0.1) is 0 Å². The Morgan fingerprint density at radius 3 is 2.27 bits per heavy atom. The standard InChI is InChI=1S/C18H24N2O2/c1-2-20(15-9-5-3-6-10-15)17(22)18(11-12-18)16(21)19-13-7-4-8-14-19/h3,5-6,9-10H,2,4,7-8,11-14H2,1H3. The summed E-state index contributed by atoms with van der Waals surface area (Å²) in [5.74, 6) is 0.0448.